The van der Waals surface area contributed by atoms with Crippen molar-refractivity contribution in [1.82, 2.24) is 9.97 Å². The lowest BCUT2D eigenvalue weighted by molar-refractivity contribution is 0.122. The molecule has 8 heteroatoms. The summed E-state index contributed by atoms with van der Waals surface area (Å²) in [5, 5.41) is 0. The van der Waals surface area contributed by atoms with Crippen LogP contribution in [0.25, 0.3) is 0 Å². The standard InChI is InChI=1S/C14H22N4O2.2ClH/c15-11-1-3-12(4-2-11)20-14-9-13(16-10-17-14)18-5-7-19-8-6-18;;/h9-12H,1-8,15H2;2*1H/t11-,12-;;. The van der Waals surface area contributed by atoms with Gasteiger partial charge in [-0.15, -0.1) is 24.8 Å². The number of morpholine rings is 1. The minimum Gasteiger partial charge on any atom is -0.474 e. The number of aromatic nitrogens is 2. The summed E-state index contributed by atoms with van der Waals surface area (Å²) in [6.07, 6.45) is 5.91. The third kappa shape index (κ3) is 5.12. The molecular weight excluding hydrogens is 327 g/mol. The van der Waals surface area contributed by atoms with Gasteiger partial charge in [0.2, 0.25) is 5.88 Å². The van der Waals surface area contributed by atoms with Gasteiger partial charge in [-0.25, -0.2) is 9.97 Å². The highest BCUT2D eigenvalue weighted by Gasteiger charge is 2.21. The summed E-state index contributed by atoms with van der Waals surface area (Å²) in [7, 11) is 0. The molecule has 0 spiro atoms. The first kappa shape index (κ1) is 19.2. The zero-order chi connectivity index (χ0) is 13.8. The first-order chi connectivity index (χ1) is 9.81. The number of halogens is 2. The molecule has 1 aromatic rings. The first-order valence-corrected chi connectivity index (χ1v) is 7.38. The molecule has 0 atom stereocenters. The predicted octanol–water partition coefficient (Wildman–Crippen LogP) is 1.81. The smallest absolute Gasteiger partial charge is 0.218 e. The van der Waals surface area contributed by atoms with Gasteiger partial charge in [0.15, 0.2) is 0 Å². The van der Waals surface area contributed by atoms with Crippen LogP contribution in [0.3, 0.4) is 0 Å². The van der Waals surface area contributed by atoms with Gasteiger partial charge in [0, 0.05) is 25.2 Å². The lowest BCUT2D eigenvalue weighted by atomic mass is 9.94. The minimum atomic E-state index is 0. The van der Waals surface area contributed by atoms with E-state index >= 15 is 0 Å². The Hall–Kier alpha value is -0.820. The van der Waals surface area contributed by atoms with Crippen LogP contribution < -0.4 is 15.4 Å². The molecule has 2 fully saturated rings. The van der Waals surface area contributed by atoms with E-state index in [2.05, 4.69) is 14.9 Å². The zero-order valence-electron chi connectivity index (χ0n) is 12.5. The van der Waals surface area contributed by atoms with Crippen LogP contribution in [0, 0.1) is 0 Å². The highest BCUT2D eigenvalue weighted by Crippen LogP contribution is 2.23. The van der Waals surface area contributed by atoms with Crippen molar-refractivity contribution >= 4 is 30.6 Å². The van der Waals surface area contributed by atoms with E-state index in [0.29, 0.717) is 11.9 Å². The van der Waals surface area contributed by atoms with Crippen molar-refractivity contribution in [3.8, 4) is 5.88 Å². The molecule has 0 aromatic carbocycles. The Balaban J connectivity index is 0.00000121. The molecule has 1 saturated carbocycles. The Morgan fingerprint density at radius 1 is 1.09 bits per heavy atom. The van der Waals surface area contributed by atoms with Gasteiger partial charge in [-0.1, -0.05) is 0 Å². The normalized spacial score (nSPS) is 24.9. The lowest BCUT2D eigenvalue weighted by Gasteiger charge is -2.29. The van der Waals surface area contributed by atoms with Crippen LogP contribution in [-0.4, -0.2) is 48.4 Å². The molecule has 1 aliphatic heterocycles. The third-order valence-corrected chi connectivity index (χ3v) is 3.97. The summed E-state index contributed by atoms with van der Waals surface area (Å²) in [6.45, 7) is 3.24. The van der Waals surface area contributed by atoms with E-state index in [9.17, 15) is 0 Å². The molecule has 0 bridgehead atoms. The second-order valence-corrected chi connectivity index (χ2v) is 5.47. The summed E-state index contributed by atoms with van der Waals surface area (Å²) in [6, 6.07) is 2.27. The maximum Gasteiger partial charge on any atom is 0.218 e. The fourth-order valence-corrected chi connectivity index (χ4v) is 2.74. The molecule has 0 unspecified atom stereocenters. The molecule has 1 aliphatic carbocycles. The summed E-state index contributed by atoms with van der Waals surface area (Å²) in [5.41, 5.74) is 5.91. The van der Waals surface area contributed by atoms with Gasteiger partial charge in [-0.2, -0.15) is 0 Å². The molecule has 3 rings (SSSR count). The minimum absolute atomic E-state index is 0. The van der Waals surface area contributed by atoms with E-state index in [1.165, 1.54) is 0 Å². The predicted molar refractivity (Wildman–Crippen MR) is 90.4 cm³/mol. The number of hydrogen-bond acceptors (Lipinski definition) is 6. The van der Waals surface area contributed by atoms with Crippen LogP contribution in [0.1, 0.15) is 25.7 Å². The van der Waals surface area contributed by atoms with Crippen LogP contribution >= 0.6 is 24.8 Å². The van der Waals surface area contributed by atoms with Crippen molar-refractivity contribution in [2.75, 3.05) is 31.2 Å². The molecule has 22 heavy (non-hydrogen) atoms. The van der Waals surface area contributed by atoms with Crippen LogP contribution in [0.15, 0.2) is 12.4 Å². The van der Waals surface area contributed by atoms with Crippen LogP contribution in [0.2, 0.25) is 0 Å². The van der Waals surface area contributed by atoms with Crippen molar-refractivity contribution in [2.45, 2.75) is 37.8 Å². The summed E-state index contributed by atoms with van der Waals surface area (Å²) >= 11 is 0. The highest BCUT2D eigenvalue weighted by molar-refractivity contribution is 5.85. The average Bonchev–Trinajstić information content (AvgIpc) is 2.51. The van der Waals surface area contributed by atoms with Gasteiger partial charge in [-0.3, -0.25) is 0 Å². The number of ether oxygens (including phenoxy) is 2. The van der Waals surface area contributed by atoms with Crippen molar-refractivity contribution in [3.05, 3.63) is 12.4 Å². The summed E-state index contributed by atoms with van der Waals surface area (Å²) < 4.78 is 11.3. The Bertz CT molecular complexity index is 439. The lowest BCUT2D eigenvalue weighted by Crippen LogP contribution is -2.36. The average molecular weight is 351 g/mol. The van der Waals surface area contributed by atoms with E-state index in [1.807, 2.05) is 6.07 Å². The zero-order valence-corrected chi connectivity index (χ0v) is 14.2. The van der Waals surface area contributed by atoms with E-state index in [-0.39, 0.29) is 30.9 Å². The van der Waals surface area contributed by atoms with Crippen LogP contribution in [-0.2, 0) is 4.74 Å². The maximum atomic E-state index is 5.97. The fraction of sp³-hybridized carbons (Fsp3) is 0.714. The van der Waals surface area contributed by atoms with Crippen LogP contribution in [0.5, 0.6) is 5.88 Å². The van der Waals surface area contributed by atoms with E-state index in [0.717, 1.165) is 57.8 Å². The maximum absolute atomic E-state index is 5.97. The Labute approximate surface area is 143 Å². The Kier molecular flexibility index (Phi) is 8.17. The second kappa shape index (κ2) is 9.35. The number of anilines is 1. The van der Waals surface area contributed by atoms with Gasteiger partial charge >= 0.3 is 0 Å². The van der Waals surface area contributed by atoms with E-state index in [1.54, 1.807) is 6.33 Å². The molecule has 2 aliphatic rings. The number of nitrogens with two attached hydrogens (primary N) is 1. The van der Waals surface area contributed by atoms with Crippen LogP contribution in [0.4, 0.5) is 5.82 Å². The summed E-state index contributed by atoms with van der Waals surface area (Å²) in [4.78, 5) is 10.8. The van der Waals surface area contributed by atoms with Crippen molar-refractivity contribution in [1.29, 1.82) is 0 Å². The van der Waals surface area contributed by atoms with Gasteiger partial charge in [-0.05, 0) is 25.7 Å². The molecule has 6 nitrogen and oxygen atoms in total. The van der Waals surface area contributed by atoms with Crippen molar-refractivity contribution in [3.63, 3.8) is 0 Å². The Morgan fingerprint density at radius 2 is 1.77 bits per heavy atom. The van der Waals surface area contributed by atoms with Gasteiger partial charge in [0.1, 0.15) is 18.2 Å². The van der Waals surface area contributed by atoms with Gasteiger partial charge in [0.05, 0.1) is 13.2 Å². The van der Waals surface area contributed by atoms with E-state index in [4.69, 9.17) is 15.2 Å². The molecular formula is C14H24Cl2N4O2. The van der Waals surface area contributed by atoms with Gasteiger partial charge < -0.3 is 20.1 Å². The first-order valence-electron chi connectivity index (χ1n) is 7.38. The molecule has 1 aromatic heterocycles. The fourth-order valence-electron chi connectivity index (χ4n) is 2.74. The molecule has 2 N–H and O–H groups in total. The third-order valence-electron chi connectivity index (χ3n) is 3.97. The quantitative estimate of drug-likeness (QED) is 0.895. The summed E-state index contributed by atoms with van der Waals surface area (Å²) in [5.74, 6) is 1.59. The van der Waals surface area contributed by atoms with Crippen molar-refractivity contribution < 1.29 is 9.47 Å². The largest absolute Gasteiger partial charge is 0.474 e. The number of hydrogen-bond donors (Lipinski definition) is 1. The molecule has 0 amide bonds. The van der Waals surface area contributed by atoms with E-state index < -0.39 is 0 Å². The topological polar surface area (TPSA) is 73.5 Å². The monoisotopic (exact) mass is 350 g/mol. The number of nitrogens with zero attached hydrogens (tertiary/aromatic N) is 3. The van der Waals surface area contributed by atoms with Crippen molar-refractivity contribution in [2.24, 2.45) is 5.73 Å². The molecule has 0 radical (unpaired) electrons. The highest BCUT2D eigenvalue weighted by atomic mass is 35.5. The molecule has 1 saturated heterocycles. The second-order valence-electron chi connectivity index (χ2n) is 5.47. The molecule has 126 valence electrons. The van der Waals surface area contributed by atoms with Gasteiger partial charge in [0.25, 0.3) is 0 Å². The SMILES string of the molecule is Cl.Cl.N[C@H]1CC[C@H](Oc2cc(N3CCOCC3)ncn2)CC1. The number of rotatable bonds is 3. The molecule has 2 heterocycles. The Morgan fingerprint density at radius 3 is 2.45 bits per heavy atom.